The van der Waals surface area contributed by atoms with Crippen molar-refractivity contribution >= 4 is 5.69 Å². The number of nitrogens with zero attached hydrogens (tertiary/aromatic N) is 3. The molecule has 0 saturated carbocycles. The number of pyridine rings is 1. The number of rotatable bonds is 3. The molecule has 10 heteroatoms. The van der Waals surface area contributed by atoms with E-state index in [1.807, 2.05) is 0 Å². The maximum Gasteiger partial charge on any atom is 0.371 e. The summed E-state index contributed by atoms with van der Waals surface area (Å²) < 4.78 is 18.5. The molecule has 2 aromatic heterocycles. The maximum absolute atomic E-state index is 13.3. The van der Waals surface area contributed by atoms with Gasteiger partial charge in [0.05, 0.1) is 16.6 Å². The maximum atomic E-state index is 13.3. The molecular formula is C14H8FN3O6. The molecule has 0 bridgehead atoms. The number of halogens is 1. The summed E-state index contributed by atoms with van der Waals surface area (Å²) in [5.74, 6) is -2.63. The summed E-state index contributed by atoms with van der Waals surface area (Å²) in [5.41, 5.74) is -0.291. The molecule has 0 amide bonds. The second-order valence-corrected chi connectivity index (χ2v) is 4.72. The van der Waals surface area contributed by atoms with Crippen LogP contribution in [0.3, 0.4) is 0 Å². The molecule has 0 aliphatic rings. The average molecular weight is 333 g/mol. The largest absolute Gasteiger partial charge is 0.617 e. The van der Waals surface area contributed by atoms with Crippen molar-refractivity contribution in [2.75, 3.05) is 0 Å². The fourth-order valence-corrected chi connectivity index (χ4v) is 2.02. The number of nitro benzene ring substituents is 1. The predicted octanol–water partition coefficient (Wildman–Crippen LogP) is 2.10. The zero-order valence-electron chi connectivity index (χ0n) is 11.7. The summed E-state index contributed by atoms with van der Waals surface area (Å²) in [7, 11) is 0. The van der Waals surface area contributed by atoms with Gasteiger partial charge in [0.25, 0.3) is 0 Å². The monoisotopic (exact) mass is 333 g/mol. The summed E-state index contributed by atoms with van der Waals surface area (Å²) in [6.45, 7) is 0. The van der Waals surface area contributed by atoms with Crippen LogP contribution in [0.1, 0.15) is 0 Å². The molecule has 24 heavy (non-hydrogen) atoms. The van der Waals surface area contributed by atoms with Gasteiger partial charge in [-0.25, -0.2) is 4.98 Å². The molecule has 2 heterocycles. The van der Waals surface area contributed by atoms with E-state index in [4.69, 9.17) is 4.42 Å². The molecule has 2 N–H and O–H groups in total. The number of aromatic hydroxyl groups is 2. The predicted molar refractivity (Wildman–Crippen MR) is 76.3 cm³/mol. The Hall–Kier alpha value is -3.69. The van der Waals surface area contributed by atoms with Gasteiger partial charge in [-0.3, -0.25) is 10.1 Å². The standard InChI is InChI=1S/C14H8FN3O6/c15-12-5-7(1-2-17(12)21)14-16-9(6-24-14)8-3-10(18(22)23)13(20)11(19)4-8/h1-6,19-20H. The van der Waals surface area contributed by atoms with Crippen LogP contribution in [0.15, 0.2) is 41.1 Å². The zero-order chi connectivity index (χ0) is 17.4. The summed E-state index contributed by atoms with van der Waals surface area (Å²) in [6, 6.07) is 4.27. The molecule has 9 nitrogen and oxygen atoms in total. The van der Waals surface area contributed by atoms with Gasteiger partial charge in [-0.2, -0.15) is 0 Å². The highest BCUT2D eigenvalue weighted by atomic mass is 19.1. The molecule has 0 saturated heterocycles. The van der Waals surface area contributed by atoms with Crippen molar-refractivity contribution in [3.05, 3.63) is 58.0 Å². The van der Waals surface area contributed by atoms with Crippen LogP contribution in [0.2, 0.25) is 0 Å². The number of phenolic OH excluding ortho intramolecular Hbond substituents is 2. The van der Waals surface area contributed by atoms with Crippen molar-refractivity contribution in [1.29, 1.82) is 0 Å². The van der Waals surface area contributed by atoms with E-state index in [0.29, 0.717) is 0 Å². The molecule has 3 rings (SSSR count). The van der Waals surface area contributed by atoms with Crippen LogP contribution in [0.4, 0.5) is 10.1 Å². The first-order valence-electron chi connectivity index (χ1n) is 6.42. The highest BCUT2D eigenvalue weighted by molar-refractivity contribution is 5.71. The smallest absolute Gasteiger partial charge is 0.371 e. The second kappa shape index (κ2) is 5.50. The average Bonchev–Trinajstić information content (AvgIpc) is 3.02. The van der Waals surface area contributed by atoms with Crippen molar-refractivity contribution in [3.63, 3.8) is 0 Å². The van der Waals surface area contributed by atoms with Crippen LogP contribution in [-0.4, -0.2) is 20.1 Å². The minimum Gasteiger partial charge on any atom is -0.617 e. The summed E-state index contributed by atoms with van der Waals surface area (Å²) in [6.07, 6.45) is 2.08. The number of benzene rings is 1. The molecule has 0 radical (unpaired) electrons. The van der Waals surface area contributed by atoms with Gasteiger partial charge in [0, 0.05) is 17.7 Å². The van der Waals surface area contributed by atoms with Crippen LogP contribution in [0.5, 0.6) is 11.5 Å². The molecule has 0 unspecified atom stereocenters. The van der Waals surface area contributed by atoms with Gasteiger partial charge in [-0.05, 0) is 6.07 Å². The van der Waals surface area contributed by atoms with E-state index < -0.39 is 28.1 Å². The van der Waals surface area contributed by atoms with E-state index in [0.717, 1.165) is 30.7 Å². The highest BCUT2D eigenvalue weighted by Crippen LogP contribution is 2.39. The molecule has 3 aromatic rings. The Morgan fingerprint density at radius 3 is 2.67 bits per heavy atom. The molecule has 0 spiro atoms. The lowest BCUT2D eigenvalue weighted by atomic mass is 10.1. The molecule has 0 aliphatic heterocycles. The van der Waals surface area contributed by atoms with Crippen molar-refractivity contribution in [3.8, 4) is 34.2 Å². The first-order valence-corrected chi connectivity index (χ1v) is 6.42. The number of hydrogen-bond acceptors (Lipinski definition) is 7. The molecule has 122 valence electrons. The Morgan fingerprint density at radius 2 is 2.00 bits per heavy atom. The third-order valence-electron chi connectivity index (χ3n) is 3.19. The highest BCUT2D eigenvalue weighted by Gasteiger charge is 2.21. The van der Waals surface area contributed by atoms with E-state index >= 15 is 0 Å². The van der Waals surface area contributed by atoms with E-state index in [-0.39, 0.29) is 27.4 Å². The summed E-state index contributed by atoms with van der Waals surface area (Å²) in [4.78, 5) is 14.0. The minimum absolute atomic E-state index is 0.0225. The van der Waals surface area contributed by atoms with Crippen LogP contribution in [-0.2, 0) is 0 Å². The van der Waals surface area contributed by atoms with Gasteiger partial charge >= 0.3 is 11.6 Å². The van der Waals surface area contributed by atoms with E-state index in [2.05, 4.69) is 4.98 Å². The Balaban J connectivity index is 2.05. The Morgan fingerprint density at radius 1 is 1.25 bits per heavy atom. The van der Waals surface area contributed by atoms with Crippen molar-refractivity contribution in [2.24, 2.45) is 0 Å². The topological polar surface area (TPSA) is 137 Å². The van der Waals surface area contributed by atoms with E-state index in [9.17, 15) is 29.9 Å². The lowest BCUT2D eigenvalue weighted by Crippen LogP contribution is -2.29. The summed E-state index contributed by atoms with van der Waals surface area (Å²) in [5, 5.41) is 40.9. The van der Waals surface area contributed by atoms with Crippen LogP contribution >= 0.6 is 0 Å². The van der Waals surface area contributed by atoms with Crippen LogP contribution in [0.25, 0.3) is 22.7 Å². The molecule has 0 aliphatic carbocycles. The minimum atomic E-state index is -1.05. The van der Waals surface area contributed by atoms with Gasteiger partial charge in [0.1, 0.15) is 12.0 Å². The second-order valence-electron chi connectivity index (χ2n) is 4.72. The normalized spacial score (nSPS) is 10.7. The quantitative estimate of drug-likeness (QED) is 0.187. The van der Waals surface area contributed by atoms with E-state index in [1.165, 1.54) is 6.07 Å². The SMILES string of the molecule is O=[N+]([O-])c1cc(-c2coc(-c3cc[n+]([O-])c(F)c3)n2)cc(O)c1O. The fraction of sp³-hybridized carbons (Fsp3) is 0. The van der Waals surface area contributed by atoms with E-state index in [1.54, 1.807) is 0 Å². The van der Waals surface area contributed by atoms with Crippen molar-refractivity contribution in [1.82, 2.24) is 4.98 Å². The fourth-order valence-electron chi connectivity index (χ4n) is 2.02. The number of nitro groups is 1. The summed E-state index contributed by atoms with van der Waals surface area (Å²) >= 11 is 0. The van der Waals surface area contributed by atoms with Crippen molar-refractivity contribution in [2.45, 2.75) is 0 Å². The molecule has 0 atom stereocenters. The number of aromatic nitrogens is 2. The van der Waals surface area contributed by atoms with Crippen molar-refractivity contribution < 1.29 is 28.7 Å². The van der Waals surface area contributed by atoms with Gasteiger partial charge in [-0.1, -0.05) is 0 Å². The zero-order valence-corrected chi connectivity index (χ0v) is 11.7. The van der Waals surface area contributed by atoms with Crippen LogP contribution < -0.4 is 4.73 Å². The van der Waals surface area contributed by atoms with Gasteiger partial charge in [-0.15, -0.1) is 9.12 Å². The van der Waals surface area contributed by atoms with Gasteiger partial charge in [0.2, 0.25) is 11.6 Å². The number of oxazole rings is 1. The number of hydrogen-bond donors (Lipinski definition) is 2. The molecule has 0 fully saturated rings. The molecule has 1 aromatic carbocycles. The molecular weight excluding hydrogens is 325 g/mol. The van der Waals surface area contributed by atoms with Gasteiger partial charge < -0.3 is 19.8 Å². The third-order valence-corrected chi connectivity index (χ3v) is 3.19. The lowest BCUT2D eigenvalue weighted by Gasteiger charge is -2.02. The van der Waals surface area contributed by atoms with Gasteiger partial charge in [0.15, 0.2) is 11.9 Å². The Labute approximate surface area is 132 Å². The van der Waals surface area contributed by atoms with Crippen LogP contribution in [0, 0.1) is 21.3 Å². The third kappa shape index (κ3) is 2.56. The number of phenols is 2. The Kier molecular flexibility index (Phi) is 3.49. The lowest BCUT2D eigenvalue weighted by molar-refractivity contribution is -0.637. The first-order chi connectivity index (χ1) is 11.4. The first kappa shape index (κ1) is 15.2. The Bertz CT molecular complexity index is 956.